The second-order valence-corrected chi connectivity index (χ2v) is 0.919. The maximum Gasteiger partial charge on any atom is 0.0554 e. The van der Waals surface area contributed by atoms with Crippen LogP contribution in [0.3, 0.4) is 0 Å². The molecule has 0 aliphatic carbocycles. The molecule has 0 aromatic rings. The van der Waals surface area contributed by atoms with E-state index < -0.39 is 0 Å². The quantitative estimate of drug-likeness (QED) is 0.350. The highest BCUT2D eigenvalue weighted by atomic mass is 32.1. The van der Waals surface area contributed by atoms with Gasteiger partial charge in [0.05, 0.1) is 15.5 Å². The fourth-order valence-electron chi connectivity index (χ4n) is 0. The van der Waals surface area contributed by atoms with Crippen molar-refractivity contribution in [2.75, 3.05) is 0 Å². The Morgan fingerprint density at radius 3 is 0.700 bits per heavy atom. The molecule has 0 aliphatic rings. The van der Waals surface area contributed by atoms with Crippen molar-refractivity contribution >= 4 is 52.1 Å². The second-order valence-electron chi connectivity index (χ2n) is 0.306. The zero-order valence-electron chi connectivity index (χ0n) is 4.93. The highest BCUT2D eigenvalue weighted by molar-refractivity contribution is 7.78. The zero-order valence-corrected chi connectivity index (χ0v) is 7.38. The van der Waals surface area contributed by atoms with Crippen molar-refractivity contribution in [3.05, 3.63) is 0 Å². The molecular formula is C3H6N4S3. The van der Waals surface area contributed by atoms with Gasteiger partial charge in [0.25, 0.3) is 0 Å². The number of thiocarbonyl (C=S) groups is 3. The van der Waals surface area contributed by atoms with E-state index in [-0.39, 0.29) is 6.15 Å². The monoisotopic (exact) mass is 194 g/mol. The molecule has 0 aromatic carbocycles. The lowest BCUT2D eigenvalue weighted by atomic mass is 11.8. The summed E-state index contributed by atoms with van der Waals surface area (Å²) in [5.74, 6) is 0. The Morgan fingerprint density at radius 1 is 0.700 bits per heavy atom. The van der Waals surface area contributed by atoms with Crippen LogP contribution in [0.25, 0.3) is 0 Å². The normalized spacial score (nSPS) is 2.40. The summed E-state index contributed by atoms with van der Waals surface area (Å²) in [4.78, 5) is 0. The van der Waals surface area contributed by atoms with E-state index in [9.17, 15) is 0 Å². The highest BCUT2D eigenvalue weighted by Gasteiger charge is 0.980. The molecule has 10 heavy (non-hydrogen) atoms. The molecule has 0 radical (unpaired) electrons. The average molecular weight is 194 g/mol. The van der Waals surface area contributed by atoms with Crippen molar-refractivity contribution in [2.24, 2.45) is 0 Å². The maximum atomic E-state index is 5.77. The van der Waals surface area contributed by atoms with E-state index >= 15 is 0 Å². The van der Waals surface area contributed by atoms with Gasteiger partial charge in [-0.25, -0.2) is 16.2 Å². The molecule has 0 saturated heterocycles. The molecule has 7 heteroatoms. The average Bonchev–Trinajstić information content (AvgIpc) is 1.70. The van der Waals surface area contributed by atoms with Gasteiger partial charge in [-0.05, 0) is 36.7 Å². The van der Waals surface area contributed by atoms with Crippen LogP contribution in [0.2, 0.25) is 0 Å². The van der Waals surface area contributed by atoms with Crippen molar-refractivity contribution in [2.45, 2.75) is 0 Å². The summed E-state index contributed by atoms with van der Waals surface area (Å²) >= 11 is 11.4. The van der Waals surface area contributed by atoms with Crippen molar-refractivity contribution in [1.29, 1.82) is 16.2 Å². The number of nitrogens with one attached hydrogen (secondary N) is 3. The molecule has 0 saturated carbocycles. The van der Waals surface area contributed by atoms with Gasteiger partial charge in [0.2, 0.25) is 0 Å². The number of hydrogen-bond donors (Lipinski definition) is 4. The molecule has 0 atom stereocenters. The fraction of sp³-hybridized carbons (Fsp3) is 0. The number of isothiocyanates is 3. The predicted octanol–water partition coefficient (Wildman–Crippen LogP) is 2.17. The molecule has 0 heterocycles. The van der Waals surface area contributed by atoms with E-state index in [0.717, 1.165) is 0 Å². The van der Waals surface area contributed by atoms with Crippen molar-refractivity contribution in [1.82, 2.24) is 6.15 Å². The van der Waals surface area contributed by atoms with E-state index in [1.807, 2.05) is 0 Å². The highest BCUT2D eigenvalue weighted by Crippen LogP contribution is 1.17. The standard InChI is InChI=1S/3CHNS.H3N/c3*2-1-3;/h3*2H;1H3. The fourth-order valence-corrected chi connectivity index (χ4v) is 0. The van der Waals surface area contributed by atoms with Gasteiger partial charge in [-0.15, -0.1) is 0 Å². The summed E-state index contributed by atoms with van der Waals surface area (Å²) in [6.07, 6.45) is 0. The summed E-state index contributed by atoms with van der Waals surface area (Å²) in [6.45, 7) is 0. The van der Waals surface area contributed by atoms with Crippen LogP contribution in [0.15, 0.2) is 0 Å². The van der Waals surface area contributed by atoms with Gasteiger partial charge < -0.3 is 6.15 Å². The van der Waals surface area contributed by atoms with Gasteiger partial charge in [0.15, 0.2) is 0 Å². The molecule has 0 aliphatic heterocycles. The van der Waals surface area contributed by atoms with Crippen LogP contribution >= 0.6 is 36.7 Å². The van der Waals surface area contributed by atoms with Crippen molar-refractivity contribution < 1.29 is 0 Å². The molecule has 0 unspecified atom stereocenters. The predicted molar refractivity (Wildman–Crippen MR) is 51.0 cm³/mol. The van der Waals surface area contributed by atoms with E-state index in [1.165, 1.54) is 0 Å². The van der Waals surface area contributed by atoms with Crippen LogP contribution in [0, 0.1) is 16.2 Å². The topological polar surface area (TPSA) is 107 Å². The van der Waals surface area contributed by atoms with E-state index in [1.54, 1.807) is 15.5 Å². The largest absolute Gasteiger partial charge is 0.344 e. The minimum Gasteiger partial charge on any atom is -0.344 e. The van der Waals surface area contributed by atoms with Gasteiger partial charge in [0, 0.05) is 0 Å². The number of rotatable bonds is 0. The summed E-state index contributed by atoms with van der Waals surface area (Å²) in [6, 6.07) is 0. The first-order valence-corrected chi connectivity index (χ1v) is 2.59. The van der Waals surface area contributed by atoms with E-state index in [0.29, 0.717) is 0 Å². The van der Waals surface area contributed by atoms with Crippen LogP contribution < -0.4 is 6.15 Å². The van der Waals surface area contributed by atoms with E-state index in [2.05, 4.69) is 36.7 Å². The van der Waals surface area contributed by atoms with Crippen LogP contribution in [-0.2, 0) is 0 Å². The third-order valence-corrected chi connectivity index (χ3v) is 0. The third kappa shape index (κ3) is 727. The number of hydrogen-bond acceptors (Lipinski definition) is 7. The summed E-state index contributed by atoms with van der Waals surface area (Å²) < 4.78 is 0. The Balaban J connectivity index is -0.0000000257. The van der Waals surface area contributed by atoms with E-state index in [4.69, 9.17) is 16.2 Å². The second kappa shape index (κ2) is 81.3. The van der Waals surface area contributed by atoms with Crippen LogP contribution in [-0.4, -0.2) is 15.5 Å². The summed E-state index contributed by atoms with van der Waals surface area (Å²) in [5.41, 5.74) is 0. The minimum absolute atomic E-state index is 0. The van der Waals surface area contributed by atoms with Gasteiger partial charge in [-0.2, -0.15) is 0 Å². The minimum atomic E-state index is 0. The first-order chi connectivity index (χ1) is 4.24. The van der Waals surface area contributed by atoms with Gasteiger partial charge in [-0.3, -0.25) is 0 Å². The molecule has 0 bridgehead atoms. The van der Waals surface area contributed by atoms with Gasteiger partial charge >= 0.3 is 0 Å². The molecule has 56 valence electrons. The van der Waals surface area contributed by atoms with Gasteiger partial charge in [-0.1, -0.05) is 0 Å². The SMILES string of the molecule is N.N=C=S.N=C=S.N=C=S. The summed E-state index contributed by atoms with van der Waals surface area (Å²) in [5, 5.41) is 22.1. The summed E-state index contributed by atoms with van der Waals surface area (Å²) in [7, 11) is 0. The molecule has 4 nitrogen and oxygen atoms in total. The molecule has 0 fully saturated rings. The van der Waals surface area contributed by atoms with Crippen LogP contribution in [0.4, 0.5) is 0 Å². The van der Waals surface area contributed by atoms with Crippen LogP contribution in [0.5, 0.6) is 0 Å². The van der Waals surface area contributed by atoms with Crippen molar-refractivity contribution in [3.63, 3.8) is 0 Å². The first kappa shape index (κ1) is 22.8. The smallest absolute Gasteiger partial charge is 0.0554 e. The lowest BCUT2D eigenvalue weighted by Crippen LogP contribution is -1.03. The molecule has 6 N–H and O–H groups in total. The Kier molecular flexibility index (Phi) is 185. The Bertz CT molecular complexity index is 107. The molecular weight excluding hydrogens is 188 g/mol. The molecule has 0 spiro atoms. The van der Waals surface area contributed by atoms with Gasteiger partial charge in [0.1, 0.15) is 0 Å². The van der Waals surface area contributed by atoms with Crippen LogP contribution in [0.1, 0.15) is 0 Å². The molecule has 0 rings (SSSR count). The molecule has 0 amide bonds. The lowest BCUT2D eigenvalue weighted by Gasteiger charge is -1.05. The zero-order chi connectivity index (χ0) is 8.12. The maximum absolute atomic E-state index is 5.77. The van der Waals surface area contributed by atoms with Crippen molar-refractivity contribution in [3.8, 4) is 0 Å². The Morgan fingerprint density at radius 2 is 0.700 bits per heavy atom. The Labute approximate surface area is 74.7 Å². The third-order valence-electron chi connectivity index (χ3n) is 0. The lowest BCUT2D eigenvalue weighted by molar-refractivity contribution is 1.61. The first-order valence-electron chi connectivity index (χ1n) is 1.36. The Hall–Kier alpha value is -0.640. The molecule has 0 aromatic heterocycles.